The summed E-state index contributed by atoms with van der Waals surface area (Å²) in [4.78, 5) is 24.5. The first-order valence-corrected chi connectivity index (χ1v) is 7.61. The lowest BCUT2D eigenvalue weighted by atomic mass is 10.2. The summed E-state index contributed by atoms with van der Waals surface area (Å²) in [5.41, 5.74) is 0.339. The topological polar surface area (TPSA) is 74.8 Å². The maximum atomic E-state index is 12.5. The minimum atomic E-state index is -3.74. The number of amides is 1. The van der Waals surface area contributed by atoms with Crippen molar-refractivity contribution in [3.63, 3.8) is 0 Å². The molecule has 0 unspecified atom stereocenters. The average Bonchev–Trinajstić information content (AvgIpc) is 2.42. The van der Waals surface area contributed by atoms with Gasteiger partial charge in [0.05, 0.1) is 11.4 Å². The molecular weight excluding hydrogens is 280 g/mol. The largest absolute Gasteiger partial charge is 0.343 e. The summed E-state index contributed by atoms with van der Waals surface area (Å²) in [7, 11) is -2.10. The van der Waals surface area contributed by atoms with Crippen LogP contribution in [-0.2, 0) is 14.8 Å². The van der Waals surface area contributed by atoms with E-state index >= 15 is 0 Å². The Morgan fingerprint density at radius 3 is 2.55 bits per heavy atom. The molecule has 6 nitrogen and oxygen atoms in total. The second-order valence-corrected chi connectivity index (χ2v) is 6.68. The molecule has 0 bridgehead atoms. The maximum absolute atomic E-state index is 12.5. The molecule has 20 heavy (non-hydrogen) atoms. The van der Waals surface area contributed by atoms with Crippen molar-refractivity contribution in [1.29, 1.82) is 0 Å². The monoisotopic (exact) mass is 296 g/mol. The third-order valence-corrected chi connectivity index (χ3v) is 5.14. The van der Waals surface area contributed by atoms with E-state index in [0.29, 0.717) is 12.1 Å². The van der Waals surface area contributed by atoms with Gasteiger partial charge >= 0.3 is 0 Å². The minimum Gasteiger partial charge on any atom is -0.343 e. The van der Waals surface area contributed by atoms with Gasteiger partial charge in [-0.1, -0.05) is 12.1 Å². The standard InChI is InChI=1S/C13H16N2O4S/c1-10(16)11-4-3-5-12(8-11)20(18,19)15-7-6-14(2)13(17)9-15/h3-5,8H,6-7,9H2,1-2H3. The third-order valence-electron chi connectivity index (χ3n) is 3.30. The van der Waals surface area contributed by atoms with Crippen LogP contribution in [0, 0.1) is 0 Å². The van der Waals surface area contributed by atoms with Crippen molar-refractivity contribution in [2.45, 2.75) is 11.8 Å². The Hall–Kier alpha value is -1.73. The number of ketones is 1. The fraction of sp³-hybridized carbons (Fsp3) is 0.385. The molecule has 1 heterocycles. The zero-order valence-corrected chi connectivity index (χ0v) is 12.2. The van der Waals surface area contributed by atoms with Crippen molar-refractivity contribution in [3.8, 4) is 0 Å². The molecule has 108 valence electrons. The van der Waals surface area contributed by atoms with Gasteiger partial charge in [0.1, 0.15) is 0 Å². The molecule has 0 N–H and O–H groups in total. The average molecular weight is 296 g/mol. The van der Waals surface area contributed by atoms with E-state index in [0.717, 1.165) is 4.31 Å². The number of benzene rings is 1. The van der Waals surface area contributed by atoms with Crippen LogP contribution >= 0.6 is 0 Å². The van der Waals surface area contributed by atoms with Gasteiger partial charge in [-0.3, -0.25) is 9.59 Å². The smallest absolute Gasteiger partial charge is 0.243 e. The molecule has 7 heteroatoms. The first kappa shape index (κ1) is 14.7. The Bertz CT molecular complexity index is 654. The molecule has 0 aromatic heterocycles. The molecule has 0 saturated carbocycles. The van der Waals surface area contributed by atoms with Crippen LogP contribution in [0.25, 0.3) is 0 Å². The van der Waals surface area contributed by atoms with Crippen molar-refractivity contribution in [3.05, 3.63) is 29.8 Å². The van der Waals surface area contributed by atoms with Crippen LogP contribution in [0.4, 0.5) is 0 Å². The van der Waals surface area contributed by atoms with Gasteiger partial charge in [-0.2, -0.15) is 4.31 Å². The second-order valence-electron chi connectivity index (χ2n) is 4.74. The van der Waals surface area contributed by atoms with Crippen molar-refractivity contribution in [1.82, 2.24) is 9.21 Å². The normalized spacial score (nSPS) is 17.3. The molecule has 0 radical (unpaired) electrons. The zero-order chi connectivity index (χ0) is 14.9. The summed E-state index contributed by atoms with van der Waals surface area (Å²) in [5.74, 6) is -0.431. The quantitative estimate of drug-likeness (QED) is 0.754. The first-order chi connectivity index (χ1) is 9.32. The Morgan fingerprint density at radius 2 is 1.95 bits per heavy atom. The van der Waals surface area contributed by atoms with Gasteiger partial charge in [-0.25, -0.2) is 8.42 Å². The van der Waals surface area contributed by atoms with E-state index in [1.807, 2.05) is 0 Å². The van der Waals surface area contributed by atoms with Crippen LogP contribution in [0.3, 0.4) is 0 Å². The Labute approximate surface area is 118 Å². The van der Waals surface area contributed by atoms with Gasteiger partial charge in [0.2, 0.25) is 15.9 Å². The lowest BCUT2D eigenvalue weighted by Crippen LogP contribution is -2.50. The summed E-state index contributed by atoms with van der Waals surface area (Å²) in [5, 5.41) is 0. The highest BCUT2D eigenvalue weighted by Crippen LogP contribution is 2.19. The summed E-state index contributed by atoms with van der Waals surface area (Å²) < 4.78 is 26.1. The van der Waals surface area contributed by atoms with E-state index in [4.69, 9.17) is 0 Å². The number of piperazine rings is 1. The molecular formula is C13H16N2O4S. The molecule has 1 saturated heterocycles. The molecule has 1 aromatic rings. The van der Waals surface area contributed by atoms with Gasteiger partial charge < -0.3 is 4.90 Å². The predicted molar refractivity (Wildman–Crippen MR) is 72.8 cm³/mol. The molecule has 0 aliphatic carbocycles. The van der Waals surface area contributed by atoms with Crippen molar-refractivity contribution in [2.75, 3.05) is 26.7 Å². The number of rotatable bonds is 3. The van der Waals surface area contributed by atoms with Crippen LogP contribution in [-0.4, -0.2) is 56.0 Å². The van der Waals surface area contributed by atoms with E-state index < -0.39 is 10.0 Å². The third kappa shape index (κ3) is 2.73. The lowest BCUT2D eigenvalue weighted by Gasteiger charge is -2.31. The number of likely N-dealkylation sites (N-methyl/N-ethyl adjacent to an activating group) is 1. The number of carbonyl (C=O) groups excluding carboxylic acids is 2. The number of nitrogens with zero attached hydrogens (tertiary/aromatic N) is 2. The number of Topliss-reactive ketones (excluding diaryl/α,β-unsaturated/α-hetero) is 1. The van der Waals surface area contributed by atoms with E-state index in [1.165, 1.54) is 30.0 Å². The van der Waals surface area contributed by atoms with Crippen molar-refractivity contribution >= 4 is 21.7 Å². The summed E-state index contributed by atoms with van der Waals surface area (Å²) in [6.45, 7) is 1.84. The molecule has 1 aromatic carbocycles. The van der Waals surface area contributed by atoms with E-state index in [1.54, 1.807) is 13.1 Å². The van der Waals surface area contributed by atoms with E-state index in [9.17, 15) is 18.0 Å². The molecule has 2 rings (SSSR count). The minimum absolute atomic E-state index is 0.0440. The van der Waals surface area contributed by atoms with Crippen LogP contribution in [0.1, 0.15) is 17.3 Å². The fourth-order valence-electron chi connectivity index (χ4n) is 1.97. The molecule has 1 aliphatic rings. The molecule has 0 atom stereocenters. The number of hydrogen-bond acceptors (Lipinski definition) is 4. The highest BCUT2D eigenvalue weighted by molar-refractivity contribution is 7.89. The first-order valence-electron chi connectivity index (χ1n) is 6.17. The fourth-order valence-corrected chi connectivity index (χ4v) is 3.39. The van der Waals surface area contributed by atoms with Gasteiger partial charge in [0.15, 0.2) is 5.78 Å². The predicted octanol–water partition coefficient (Wildman–Crippen LogP) is 0.352. The number of carbonyl (C=O) groups is 2. The Kier molecular flexibility index (Phi) is 3.92. The highest BCUT2D eigenvalue weighted by Gasteiger charge is 2.31. The zero-order valence-electron chi connectivity index (χ0n) is 11.4. The summed E-state index contributed by atoms with van der Waals surface area (Å²) in [6.07, 6.45) is 0. The van der Waals surface area contributed by atoms with Gasteiger partial charge in [-0.05, 0) is 19.1 Å². The van der Waals surface area contributed by atoms with Gasteiger partial charge in [0, 0.05) is 25.7 Å². The van der Waals surface area contributed by atoms with Crippen LogP contribution in [0.5, 0.6) is 0 Å². The SMILES string of the molecule is CC(=O)c1cccc(S(=O)(=O)N2CCN(C)C(=O)C2)c1. The van der Waals surface area contributed by atoms with Crippen molar-refractivity contribution < 1.29 is 18.0 Å². The summed E-state index contributed by atoms with van der Waals surface area (Å²) in [6, 6.07) is 5.88. The van der Waals surface area contributed by atoms with E-state index in [-0.39, 0.29) is 29.7 Å². The Balaban J connectivity index is 2.33. The maximum Gasteiger partial charge on any atom is 0.243 e. The molecule has 1 amide bonds. The lowest BCUT2D eigenvalue weighted by molar-refractivity contribution is -0.132. The van der Waals surface area contributed by atoms with Crippen LogP contribution < -0.4 is 0 Å². The molecule has 0 spiro atoms. The Morgan fingerprint density at radius 1 is 1.25 bits per heavy atom. The summed E-state index contributed by atoms with van der Waals surface area (Å²) >= 11 is 0. The van der Waals surface area contributed by atoms with Gasteiger partial charge in [-0.15, -0.1) is 0 Å². The number of sulfonamides is 1. The van der Waals surface area contributed by atoms with E-state index in [2.05, 4.69) is 0 Å². The molecule has 1 aliphatic heterocycles. The second kappa shape index (κ2) is 5.34. The highest BCUT2D eigenvalue weighted by atomic mass is 32.2. The van der Waals surface area contributed by atoms with Crippen LogP contribution in [0.2, 0.25) is 0 Å². The molecule has 1 fully saturated rings. The van der Waals surface area contributed by atoms with Gasteiger partial charge in [0.25, 0.3) is 0 Å². The van der Waals surface area contributed by atoms with Crippen molar-refractivity contribution in [2.24, 2.45) is 0 Å². The van der Waals surface area contributed by atoms with Crippen LogP contribution in [0.15, 0.2) is 29.2 Å². The number of hydrogen-bond donors (Lipinski definition) is 0.